The molecule has 0 saturated carbocycles. The van der Waals surface area contributed by atoms with Crippen molar-refractivity contribution in [1.29, 1.82) is 0 Å². The number of halogens is 1. The maximum absolute atomic E-state index is 12.9. The Kier molecular flexibility index (Phi) is 5.23. The maximum atomic E-state index is 12.9. The van der Waals surface area contributed by atoms with Crippen LogP contribution in [0.15, 0.2) is 18.5 Å². The van der Waals surface area contributed by atoms with Gasteiger partial charge in [0, 0.05) is 19.8 Å². The van der Waals surface area contributed by atoms with E-state index >= 15 is 0 Å². The minimum absolute atomic E-state index is 0.110. The van der Waals surface area contributed by atoms with Gasteiger partial charge in [-0.2, -0.15) is 0 Å². The fraction of sp³-hybridized carbons (Fsp3) is 0.417. The van der Waals surface area contributed by atoms with Gasteiger partial charge in [-0.1, -0.05) is 0 Å². The van der Waals surface area contributed by atoms with Crippen LogP contribution >= 0.6 is 0 Å². The molecule has 1 heterocycles. The van der Waals surface area contributed by atoms with Gasteiger partial charge in [-0.05, 0) is 13.0 Å². The molecule has 6 heteroatoms. The number of rotatable bonds is 5. The molecule has 18 heavy (non-hydrogen) atoms. The van der Waals surface area contributed by atoms with E-state index in [1.807, 2.05) is 0 Å². The van der Waals surface area contributed by atoms with E-state index in [9.17, 15) is 14.0 Å². The summed E-state index contributed by atoms with van der Waals surface area (Å²) in [4.78, 5) is 27.9. The minimum atomic E-state index is -0.570. The molecule has 0 bridgehead atoms. The Morgan fingerprint density at radius 2 is 2.17 bits per heavy atom. The molecule has 1 aromatic rings. The molecule has 0 saturated heterocycles. The molecular weight excluding hydrogens is 239 g/mol. The highest BCUT2D eigenvalue weighted by Crippen LogP contribution is 2.05. The van der Waals surface area contributed by atoms with Crippen LogP contribution in [0, 0.1) is 5.82 Å². The van der Waals surface area contributed by atoms with Gasteiger partial charge in [-0.25, -0.2) is 4.39 Å². The number of carbonyl (C=O) groups excluding carboxylic acids is 2. The summed E-state index contributed by atoms with van der Waals surface area (Å²) in [5.74, 6) is -1.32. The Hall–Kier alpha value is -1.98. The van der Waals surface area contributed by atoms with E-state index in [1.165, 1.54) is 18.1 Å². The molecule has 0 atom stereocenters. The highest BCUT2D eigenvalue weighted by atomic mass is 19.1. The molecule has 5 nitrogen and oxygen atoms in total. The largest absolute Gasteiger partial charge is 0.466 e. The number of aromatic nitrogens is 1. The molecule has 0 aliphatic carbocycles. The Morgan fingerprint density at radius 1 is 1.44 bits per heavy atom. The van der Waals surface area contributed by atoms with Crippen molar-refractivity contribution in [2.75, 3.05) is 20.2 Å². The van der Waals surface area contributed by atoms with Gasteiger partial charge < -0.3 is 9.64 Å². The van der Waals surface area contributed by atoms with Crippen LogP contribution in [0.1, 0.15) is 23.7 Å². The fourth-order valence-electron chi connectivity index (χ4n) is 1.34. The lowest BCUT2D eigenvalue weighted by Crippen LogP contribution is -2.29. The van der Waals surface area contributed by atoms with Gasteiger partial charge in [0.05, 0.1) is 24.8 Å². The third-order valence-electron chi connectivity index (χ3n) is 2.26. The van der Waals surface area contributed by atoms with Crippen LogP contribution in [-0.2, 0) is 9.53 Å². The van der Waals surface area contributed by atoms with Gasteiger partial charge in [0.2, 0.25) is 0 Å². The molecular formula is C12H15FN2O3. The third kappa shape index (κ3) is 4.12. The van der Waals surface area contributed by atoms with Crippen molar-refractivity contribution in [2.45, 2.75) is 13.3 Å². The number of ether oxygens (including phenoxy) is 1. The molecule has 0 unspecified atom stereocenters. The molecule has 1 amide bonds. The number of pyridine rings is 1. The first-order chi connectivity index (χ1) is 8.54. The molecule has 1 rings (SSSR count). The first-order valence-electron chi connectivity index (χ1n) is 5.56. The van der Waals surface area contributed by atoms with E-state index in [4.69, 9.17) is 4.74 Å². The quantitative estimate of drug-likeness (QED) is 0.742. The molecule has 0 aromatic carbocycles. The predicted octanol–water partition coefficient (Wildman–Crippen LogP) is 1.25. The lowest BCUT2D eigenvalue weighted by Gasteiger charge is -2.16. The lowest BCUT2D eigenvalue weighted by atomic mass is 10.2. The molecule has 98 valence electrons. The molecule has 0 aliphatic heterocycles. The van der Waals surface area contributed by atoms with Crippen molar-refractivity contribution in [1.82, 2.24) is 9.88 Å². The van der Waals surface area contributed by atoms with Crippen LogP contribution in [0.2, 0.25) is 0 Å². The number of amides is 1. The zero-order valence-electron chi connectivity index (χ0n) is 10.4. The third-order valence-corrected chi connectivity index (χ3v) is 2.26. The zero-order valence-corrected chi connectivity index (χ0v) is 10.4. The lowest BCUT2D eigenvalue weighted by molar-refractivity contribution is -0.143. The standard InChI is InChI=1S/C12H15FN2O3/c1-3-18-11(16)4-5-15(2)12(17)9-6-10(13)8-14-7-9/h6-8H,3-5H2,1-2H3. The van der Waals surface area contributed by atoms with E-state index in [1.54, 1.807) is 6.92 Å². The summed E-state index contributed by atoms with van der Waals surface area (Å²) in [6.07, 6.45) is 2.42. The summed E-state index contributed by atoms with van der Waals surface area (Å²) in [7, 11) is 1.53. The second kappa shape index (κ2) is 6.68. The van der Waals surface area contributed by atoms with Gasteiger partial charge in [0.25, 0.3) is 5.91 Å². The topological polar surface area (TPSA) is 59.5 Å². The summed E-state index contributed by atoms with van der Waals surface area (Å²) in [6.45, 7) is 2.24. The van der Waals surface area contributed by atoms with Gasteiger partial charge in [0.1, 0.15) is 5.82 Å². The zero-order chi connectivity index (χ0) is 13.5. The van der Waals surface area contributed by atoms with Crippen molar-refractivity contribution in [3.63, 3.8) is 0 Å². The smallest absolute Gasteiger partial charge is 0.307 e. The SMILES string of the molecule is CCOC(=O)CCN(C)C(=O)c1cncc(F)c1. The van der Waals surface area contributed by atoms with Crippen molar-refractivity contribution in [3.05, 3.63) is 29.8 Å². The fourth-order valence-corrected chi connectivity index (χ4v) is 1.34. The van der Waals surface area contributed by atoms with Crippen LogP contribution in [0.3, 0.4) is 0 Å². The second-order valence-corrected chi connectivity index (χ2v) is 3.67. The average molecular weight is 254 g/mol. The number of hydrogen-bond acceptors (Lipinski definition) is 4. The van der Waals surface area contributed by atoms with Gasteiger partial charge in [0.15, 0.2) is 0 Å². The van der Waals surface area contributed by atoms with Gasteiger partial charge in [-0.3, -0.25) is 14.6 Å². The normalized spacial score (nSPS) is 9.94. The van der Waals surface area contributed by atoms with Crippen molar-refractivity contribution in [2.24, 2.45) is 0 Å². The highest BCUT2D eigenvalue weighted by molar-refractivity contribution is 5.93. The first-order valence-corrected chi connectivity index (χ1v) is 5.56. The molecule has 0 spiro atoms. The second-order valence-electron chi connectivity index (χ2n) is 3.67. The summed E-state index contributed by atoms with van der Waals surface area (Å²) in [5, 5.41) is 0. The van der Waals surface area contributed by atoms with Gasteiger partial charge in [-0.15, -0.1) is 0 Å². The van der Waals surface area contributed by atoms with Crippen molar-refractivity contribution >= 4 is 11.9 Å². The average Bonchev–Trinajstić information content (AvgIpc) is 2.35. The Labute approximate surface area is 105 Å². The monoisotopic (exact) mass is 254 g/mol. The summed E-state index contributed by atoms with van der Waals surface area (Å²) >= 11 is 0. The maximum Gasteiger partial charge on any atom is 0.307 e. The van der Waals surface area contributed by atoms with E-state index < -0.39 is 5.82 Å². The van der Waals surface area contributed by atoms with E-state index in [2.05, 4.69) is 4.98 Å². The van der Waals surface area contributed by atoms with E-state index in [0.717, 1.165) is 12.3 Å². The van der Waals surface area contributed by atoms with Crippen LogP contribution in [0.25, 0.3) is 0 Å². The number of hydrogen-bond donors (Lipinski definition) is 0. The van der Waals surface area contributed by atoms with E-state index in [0.29, 0.717) is 6.61 Å². The van der Waals surface area contributed by atoms with Crippen LogP contribution in [0.4, 0.5) is 4.39 Å². The summed E-state index contributed by atoms with van der Waals surface area (Å²) in [5.41, 5.74) is 0.154. The van der Waals surface area contributed by atoms with Crippen LogP contribution in [-0.4, -0.2) is 42.0 Å². The molecule has 1 aromatic heterocycles. The Bertz CT molecular complexity index is 437. The summed E-state index contributed by atoms with van der Waals surface area (Å²) in [6, 6.07) is 1.11. The van der Waals surface area contributed by atoms with Gasteiger partial charge >= 0.3 is 5.97 Å². The first kappa shape index (κ1) is 14.1. The molecule has 0 N–H and O–H groups in total. The van der Waals surface area contributed by atoms with Crippen LogP contribution in [0.5, 0.6) is 0 Å². The summed E-state index contributed by atoms with van der Waals surface area (Å²) < 4.78 is 17.6. The number of esters is 1. The predicted molar refractivity (Wildman–Crippen MR) is 62.4 cm³/mol. The molecule has 0 aliphatic rings. The van der Waals surface area contributed by atoms with Crippen LogP contribution < -0.4 is 0 Å². The molecule has 0 radical (unpaired) electrons. The van der Waals surface area contributed by atoms with Crippen molar-refractivity contribution < 1.29 is 18.7 Å². The molecule has 0 fully saturated rings. The number of nitrogens with zero attached hydrogens (tertiary/aromatic N) is 2. The highest BCUT2D eigenvalue weighted by Gasteiger charge is 2.14. The minimum Gasteiger partial charge on any atom is -0.466 e. The number of carbonyl (C=O) groups is 2. The van der Waals surface area contributed by atoms with Crippen molar-refractivity contribution in [3.8, 4) is 0 Å². The Morgan fingerprint density at radius 3 is 2.78 bits per heavy atom. The Balaban J connectivity index is 2.54. The van der Waals surface area contributed by atoms with E-state index in [-0.39, 0.29) is 30.4 Å².